The fourth-order valence-corrected chi connectivity index (χ4v) is 5.29. The minimum absolute atomic E-state index is 0.00967. The molecule has 0 saturated carbocycles. The quantitative estimate of drug-likeness (QED) is 0.555. The molecule has 0 aromatic heterocycles. The molecule has 1 saturated heterocycles. The van der Waals surface area contributed by atoms with Gasteiger partial charge in [0.2, 0.25) is 0 Å². The van der Waals surface area contributed by atoms with Crippen LogP contribution in [0.5, 0.6) is 0 Å². The van der Waals surface area contributed by atoms with Crippen LogP contribution in [0.4, 0.5) is 0 Å². The van der Waals surface area contributed by atoms with Crippen LogP contribution in [0.15, 0.2) is 30.3 Å². The summed E-state index contributed by atoms with van der Waals surface area (Å²) >= 11 is -0.00967. The van der Waals surface area contributed by atoms with Crippen LogP contribution in [0.3, 0.4) is 0 Å². The number of hydrogen-bond donors (Lipinski definition) is 0. The Balaban J connectivity index is 2.16. The molecular weight excluding hydrogens is 375 g/mol. The van der Waals surface area contributed by atoms with Gasteiger partial charge in [-0.15, -0.1) is 0 Å². The van der Waals surface area contributed by atoms with Gasteiger partial charge >= 0.3 is 149 Å². The topological polar surface area (TPSA) is 61.8 Å². The molecule has 1 heterocycles. The Bertz CT molecular complexity index is 560. The first-order valence-electron chi connectivity index (χ1n) is 8.06. The summed E-state index contributed by atoms with van der Waals surface area (Å²) in [5, 5.41) is -0.199. The van der Waals surface area contributed by atoms with Crippen LogP contribution < -0.4 is 4.46 Å². The monoisotopic (exact) mass is 400 g/mol. The third kappa shape index (κ3) is 5.07. The summed E-state index contributed by atoms with van der Waals surface area (Å²) in [5.41, 5.74) is 0. The van der Waals surface area contributed by atoms with Crippen LogP contribution >= 0.6 is 0 Å². The fraction of sp³-hybridized carbons (Fsp3) is 0.556. The average molecular weight is 399 g/mol. The van der Waals surface area contributed by atoms with E-state index in [4.69, 9.17) is 14.2 Å². The van der Waals surface area contributed by atoms with E-state index in [2.05, 4.69) is 19.1 Å². The van der Waals surface area contributed by atoms with Crippen molar-refractivity contribution in [2.45, 2.75) is 44.9 Å². The summed E-state index contributed by atoms with van der Waals surface area (Å²) < 4.78 is 18.1. The number of benzene rings is 1. The van der Waals surface area contributed by atoms with E-state index in [1.54, 1.807) is 0 Å². The molecule has 5 nitrogen and oxygen atoms in total. The number of rotatable bonds is 5. The Morgan fingerprint density at radius 2 is 1.75 bits per heavy atom. The van der Waals surface area contributed by atoms with E-state index in [1.807, 2.05) is 25.1 Å². The molecule has 0 aliphatic carbocycles. The summed E-state index contributed by atoms with van der Waals surface area (Å²) in [4.78, 5) is 22.6. The second kappa shape index (κ2) is 8.65. The predicted molar refractivity (Wildman–Crippen MR) is 91.0 cm³/mol. The molecule has 0 amide bonds. The maximum absolute atomic E-state index is 11.5. The summed E-state index contributed by atoms with van der Waals surface area (Å²) in [5.74, 6) is -0.365. The number of esters is 2. The van der Waals surface area contributed by atoms with E-state index >= 15 is 0 Å². The molecule has 2 unspecified atom stereocenters. The summed E-state index contributed by atoms with van der Waals surface area (Å²) in [6, 6.07) is 10.1. The first-order valence-corrected chi connectivity index (χ1v) is 9.90. The van der Waals surface area contributed by atoms with Gasteiger partial charge in [0.25, 0.3) is 0 Å². The number of carbonyl (C=O) groups excluding carboxylic acids is 2. The van der Waals surface area contributed by atoms with E-state index in [0.717, 1.165) is 0 Å². The minimum atomic E-state index is -0.314. The van der Waals surface area contributed by atoms with Crippen LogP contribution in [0.25, 0.3) is 0 Å². The van der Waals surface area contributed by atoms with Gasteiger partial charge in [-0.3, -0.25) is 0 Å². The normalized spacial score (nSPS) is 29.8. The van der Waals surface area contributed by atoms with Gasteiger partial charge in [-0.1, -0.05) is 0 Å². The molecular formula is C18H24O5Se. The summed E-state index contributed by atoms with van der Waals surface area (Å²) in [6.45, 7) is 7.16. The Morgan fingerprint density at radius 3 is 2.33 bits per heavy atom. The Morgan fingerprint density at radius 1 is 1.08 bits per heavy atom. The van der Waals surface area contributed by atoms with Crippen molar-refractivity contribution >= 4 is 31.4 Å². The molecule has 5 atom stereocenters. The van der Waals surface area contributed by atoms with Crippen molar-refractivity contribution in [2.24, 2.45) is 11.8 Å². The fourth-order valence-electron chi connectivity index (χ4n) is 2.73. The van der Waals surface area contributed by atoms with Crippen molar-refractivity contribution in [3.05, 3.63) is 30.3 Å². The van der Waals surface area contributed by atoms with E-state index in [0.29, 0.717) is 0 Å². The zero-order chi connectivity index (χ0) is 17.7. The molecule has 1 aliphatic heterocycles. The zero-order valence-electron chi connectivity index (χ0n) is 14.4. The van der Waals surface area contributed by atoms with E-state index in [1.165, 1.54) is 18.3 Å². The van der Waals surface area contributed by atoms with Gasteiger partial charge < -0.3 is 0 Å². The van der Waals surface area contributed by atoms with Gasteiger partial charge in [0, 0.05) is 0 Å². The van der Waals surface area contributed by atoms with Crippen LogP contribution in [0, 0.1) is 11.8 Å². The molecule has 6 heteroatoms. The van der Waals surface area contributed by atoms with Crippen molar-refractivity contribution in [1.29, 1.82) is 0 Å². The number of ether oxygens (including phenoxy) is 3. The van der Waals surface area contributed by atoms with Crippen molar-refractivity contribution < 1.29 is 23.8 Å². The van der Waals surface area contributed by atoms with Gasteiger partial charge in [0.15, 0.2) is 0 Å². The van der Waals surface area contributed by atoms with E-state index < -0.39 is 0 Å². The summed E-state index contributed by atoms with van der Waals surface area (Å²) in [7, 11) is 0. The predicted octanol–water partition coefficient (Wildman–Crippen LogP) is 1.51. The number of carbonyl (C=O) groups is 2. The van der Waals surface area contributed by atoms with E-state index in [-0.39, 0.29) is 62.5 Å². The second-order valence-electron chi connectivity index (χ2n) is 6.07. The van der Waals surface area contributed by atoms with Gasteiger partial charge in [-0.2, -0.15) is 0 Å². The zero-order valence-corrected chi connectivity index (χ0v) is 16.1. The Hall–Kier alpha value is -1.36. The Labute approximate surface area is 149 Å². The summed E-state index contributed by atoms with van der Waals surface area (Å²) in [6.07, 6.45) is -0.474. The van der Waals surface area contributed by atoms with Gasteiger partial charge in [-0.05, 0) is 0 Å². The molecule has 0 radical (unpaired) electrons. The van der Waals surface area contributed by atoms with E-state index in [9.17, 15) is 9.59 Å². The standard InChI is InChI=1S/C18H24O5Se/c1-11-12(2)17(22-14(4)20)18(23-16(11)10-21-13(3)19)24-15-8-6-5-7-9-15/h5-9,11-12,16-18H,10H2,1-4H3/t11-,12-,16?,17?,18-/m0/s1. The van der Waals surface area contributed by atoms with Crippen LogP contribution in [-0.4, -0.2) is 50.7 Å². The second-order valence-corrected chi connectivity index (χ2v) is 8.53. The third-order valence-corrected chi connectivity index (χ3v) is 6.68. The van der Waals surface area contributed by atoms with Gasteiger partial charge in [-0.25, -0.2) is 0 Å². The molecule has 0 spiro atoms. The molecule has 132 valence electrons. The van der Waals surface area contributed by atoms with Gasteiger partial charge in [0.05, 0.1) is 0 Å². The molecule has 1 aliphatic rings. The van der Waals surface area contributed by atoms with Crippen LogP contribution in [0.2, 0.25) is 0 Å². The van der Waals surface area contributed by atoms with Gasteiger partial charge in [0.1, 0.15) is 0 Å². The SMILES string of the molecule is CC(=O)OCC1O[C@@H]([Se]c2ccccc2)C(OC(C)=O)[C@@H](C)[C@@H]1C. The third-order valence-electron chi connectivity index (χ3n) is 4.26. The molecule has 1 aromatic carbocycles. The molecule has 2 rings (SSSR count). The maximum atomic E-state index is 11.5. The van der Waals surface area contributed by atoms with Crippen molar-refractivity contribution in [3.8, 4) is 0 Å². The Kier molecular flexibility index (Phi) is 6.84. The number of hydrogen-bond acceptors (Lipinski definition) is 5. The molecule has 0 N–H and O–H groups in total. The molecule has 1 aromatic rings. The van der Waals surface area contributed by atoms with Crippen molar-refractivity contribution in [2.75, 3.05) is 6.61 Å². The molecule has 24 heavy (non-hydrogen) atoms. The first kappa shape index (κ1) is 19.0. The van der Waals surface area contributed by atoms with Crippen LogP contribution in [-0.2, 0) is 23.8 Å². The average Bonchev–Trinajstić information content (AvgIpc) is 2.53. The first-order chi connectivity index (χ1) is 11.4. The molecule has 1 fully saturated rings. The van der Waals surface area contributed by atoms with Crippen molar-refractivity contribution in [3.63, 3.8) is 0 Å². The molecule has 0 bridgehead atoms. The van der Waals surface area contributed by atoms with Crippen LogP contribution in [0.1, 0.15) is 27.7 Å². The van der Waals surface area contributed by atoms with Crippen molar-refractivity contribution in [1.82, 2.24) is 0 Å².